The summed E-state index contributed by atoms with van der Waals surface area (Å²) in [4.78, 5) is 7.66. The predicted molar refractivity (Wildman–Crippen MR) is 61.0 cm³/mol. The molecule has 0 spiro atoms. The number of likely N-dealkylation sites (tertiary alicyclic amines) is 1. The van der Waals surface area contributed by atoms with Gasteiger partial charge in [-0.1, -0.05) is 0 Å². The van der Waals surface area contributed by atoms with Gasteiger partial charge in [-0.05, 0) is 39.9 Å². The Morgan fingerprint density at radius 1 is 1.47 bits per heavy atom. The number of aromatic nitrogens is 1. The Bertz CT molecular complexity index is 383. The molecular weight excluding hydrogens is 206 g/mol. The molecule has 0 amide bonds. The van der Waals surface area contributed by atoms with Crippen LogP contribution in [0.4, 0.5) is 0 Å². The van der Waals surface area contributed by atoms with Crippen LogP contribution in [0.3, 0.4) is 0 Å². The molecule has 80 valence electrons. The third-order valence-corrected chi connectivity index (χ3v) is 3.86. The number of nitrogens with zero attached hydrogens (tertiary/aromatic N) is 3. The number of piperidine rings is 1. The van der Waals surface area contributed by atoms with E-state index in [2.05, 4.69) is 23.0 Å². The maximum Gasteiger partial charge on any atom is 0.128 e. The molecule has 1 aliphatic rings. The first-order valence-corrected chi connectivity index (χ1v) is 6.08. The maximum atomic E-state index is 9.02. The average molecular weight is 221 g/mol. The first kappa shape index (κ1) is 10.6. The molecule has 0 unspecified atom stereocenters. The molecule has 0 aliphatic carbocycles. The van der Waals surface area contributed by atoms with Crippen molar-refractivity contribution in [2.45, 2.75) is 25.7 Å². The fraction of sp³-hybridized carbons (Fsp3) is 0.636. The summed E-state index contributed by atoms with van der Waals surface area (Å²) in [6, 6.07) is 2.27. The Morgan fingerprint density at radius 3 is 2.73 bits per heavy atom. The predicted octanol–water partition coefficient (Wildman–Crippen LogP) is 2.13. The molecular formula is C11H15N3S. The lowest BCUT2D eigenvalue weighted by molar-refractivity contribution is 0.253. The lowest BCUT2D eigenvalue weighted by Gasteiger charge is -2.28. The average Bonchev–Trinajstić information content (AvgIpc) is 2.61. The Morgan fingerprint density at radius 2 is 2.13 bits per heavy atom. The van der Waals surface area contributed by atoms with E-state index in [1.165, 1.54) is 11.3 Å². The van der Waals surface area contributed by atoms with Gasteiger partial charge < -0.3 is 4.90 Å². The number of rotatable bonds is 1. The Kier molecular flexibility index (Phi) is 3.03. The van der Waals surface area contributed by atoms with E-state index < -0.39 is 0 Å². The molecule has 0 bridgehead atoms. The van der Waals surface area contributed by atoms with Gasteiger partial charge in [0.05, 0.1) is 10.7 Å². The van der Waals surface area contributed by atoms with Gasteiger partial charge in [0.15, 0.2) is 0 Å². The van der Waals surface area contributed by atoms with E-state index in [-0.39, 0.29) is 0 Å². The highest BCUT2D eigenvalue weighted by Gasteiger charge is 2.23. The van der Waals surface area contributed by atoms with Crippen LogP contribution in [0.25, 0.3) is 0 Å². The minimum atomic E-state index is 0.501. The molecule has 0 radical (unpaired) electrons. The van der Waals surface area contributed by atoms with E-state index in [0.29, 0.717) is 5.92 Å². The maximum absolute atomic E-state index is 9.02. The van der Waals surface area contributed by atoms with Crippen LogP contribution >= 0.6 is 11.3 Å². The molecule has 1 saturated heterocycles. The van der Waals surface area contributed by atoms with Gasteiger partial charge in [0.25, 0.3) is 0 Å². The third kappa shape index (κ3) is 2.19. The van der Waals surface area contributed by atoms with Crippen molar-refractivity contribution in [3.8, 4) is 6.07 Å². The summed E-state index contributed by atoms with van der Waals surface area (Å²) < 4.78 is 0. The first-order chi connectivity index (χ1) is 7.20. The van der Waals surface area contributed by atoms with Crippen LogP contribution in [0.5, 0.6) is 0 Å². The molecule has 1 aliphatic heterocycles. The Balaban J connectivity index is 2.19. The van der Waals surface area contributed by atoms with Gasteiger partial charge >= 0.3 is 0 Å². The quantitative estimate of drug-likeness (QED) is 0.729. The van der Waals surface area contributed by atoms with Crippen molar-refractivity contribution < 1.29 is 0 Å². The summed E-state index contributed by atoms with van der Waals surface area (Å²) in [5, 5.41) is 10.0. The molecule has 1 aromatic rings. The van der Waals surface area contributed by atoms with Gasteiger partial charge in [-0.2, -0.15) is 5.26 Å². The number of aryl methyl sites for hydroxylation is 1. The van der Waals surface area contributed by atoms with E-state index in [4.69, 9.17) is 5.26 Å². The zero-order valence-electron chi connectivity index (χ0n) is 9.16. The summed E-state index contributed by atoms with van der Waals surface area (Å²) >= 11 is 1.52. The molecule has 0 atom stereocenters. The van der Waals surface area contributed by atoms with E-state index in [0.717, 1.165) is 41.5 Å². The zero-order chi connectivity index (χ0) is 10.8. The minimum absolute atomic E-state index is 0.501. The van der Waals surface area contributed by atoms with Crippen molar-refractivity contribution in [2.24, 2.45) is 0 Å². The van der Waals surface area contributed by atoms with Gasteiger partial charge in [-0.25, -0.2) is 4.98 Å². The number of nitriles is 1. The highest BCUT2D eigenvalue weighted by molar-refractivity contribution is 7.12. The minimum Gasteiger partial charge on any atom is -0.306 e. The highest BCUT2D eigenvalue weighted by Crippen LogP contribution is 2.31. The van der Waals surface area contributed by atoms with Crippen LogP contribution in [0.1, 0.15) is 34.3 Å². The molecule has 2 heterocycles. The van der Waals surface area contributed by atoms with Crippen LogP contribution in [-0.2, 0) is 0 Å². The summed E-state index contributed by atoms with van der Waals surface area (Å²) in [5.74, 6) is 0.501. The summed E-state index contributed by atoms with van der Waals surface area (Å²) in [7, 11) is 2.15. The van der Waals surface area contributed by atoms with Crippen molar-refractivity contribution in [1.82, 2.24) is 9.88 Å². The van der Waals surface area contributed by atoms with E-state index in [1.54, 1.807) is 0 Å². The van der Waals surface area contributed by atoms with Crippen LogP contribution in [0.15, 0.2) is 0 Å². The molecule has 0 aromatic carbocycles. The second-order valence-corrected chi connectivity index (χ2v) is 5.34. The molecule has 4 heteroatoms. The molecule has 1 aromatic heterocycles. The van der Waals surface area contributed by atoms with Crippen molar-refractivity contribution in [3.63, 3.8) is 0 Å². The monoisotopic (exact) mass is 221 g/mol. The van der Waals surface area contributed by atoms with Crippen molar-refractivity contribution >= 4 is 11.3 Å². The fourth-order valence-electron chi connectivity index (χ4n) is 2.08. The lowest BCUT2D eigenvalue weighted by Crippen LogP contribution is -2.29. The van der Waals surface area contributed by atoms with E-state index in [9.17, 15) is 0 Å². The van der Waals surface area contributed by atoms with Crippen molar-refractivity contribution in [1.29, 1.82) is 5.26 Å². The molecule has 1 fully saturated rings. The van der Waals surface area contributed by atoms with Crippen LogP contribution in [-0.4, -0.2) is 30.0 Å². The SMILES string of the molecule is Cc1nc(C2CCN(C)CC2)c(C#N)s1. The standard InChI is InChI=1S/C11H15N3S/c1-8-13-11(10(7-12)15-8)9-3-5-14(2)6-4-9/h9H,3-6H2,1-2H3. The Labute approximate surface area is 94.4 Å². The summed E-state index contributed by atoms with van der Waals surface area (Å²) in [5.41, 5.74) is 1.05. The molecule has 0 saturated carbocycles. The van der Waals surface area contributed by atoms with Crippen molar-refractivity contribution in [2.75, 3.05) is 20.1 Å². The van der Waals surface area contributed by atoms with Gasteiger partial charge in [0, 0.05) is 5.92 Å². The van der Waals surface area contributed by atoms with Gasteiger partial charge in [-0.15, -0.1) is 11.3 Å². The number of hydrogen-bond acceptors (Lipinski definition) is 4. The topological polar surface area (TPSA) is 39.9 Å². The zero-order valence-corrected chi connectivity index (χ0v) is 9.97. The van der Waals surface area contributed by atoms with Gasteiger partial charge in [0.2, 0.25) is 0 Å². The lowest BCUT2D eigenvalue weighted by atomic mass is 9.93. The Hall–Kier alpha value is -0.920. The van der Waals surface area contributed by atoms with Crippen LogP contribution < -0.4 is 0 Å². The number of thiazole rings is 1. The van der Waals surface area contributed by atoms with Gasteiger partial charge in [-0.3, -0.25) is 0 Å². The van der Waals surface area contributed by atoms with Crippen LogP contribution in [0, 0.1) is 18.3 Å². The molecule has 0 N–H and O–H groups in total. The van der Waals surface area contributed by atoms with Crippen molar-refractivity contribution in [3.05, 3.63) is 15.6 Å². The number of hydrogen-bond donors (Lipinski definition) is 0. The van der Waals surface area contributed by atoms with E-state index >= 15 is 0 Å². The van der Waals surface area contributed by atoms with Crippen LogP contribution in [0.2, 0.25) is 0 Å². The van der Waals surface area contributed by atoms with E-state index in [1.807, 2.05) is 6.92 Å². The summed E-state index contributed by atoms with van der Waals surface area (Å²) in [6.07, 6.45) is 2.27. The molecule has 2 rings (SSSR count). The second kappa shape index (κ2) is 4.30. The first-order valence-electron chi connectivity index (χ1n) is 5.26. The fourth-order valence-corrected chi connectivity index (χ4v) is 2.88. The normalized spacial score (nSPS) is 19.0. The summed E-state index contributed by atoms with van der Waals surface area (Å²) in [6.45, 7) is 4.21. The highest BCUT2D eigenvalue weighted by atomic mass is 32.1. The largest absolute Gasteiger partial charge is 0.306 e. The molecule has 15 heavy (non-hydrogen) atoms. The third-order valence-electron chi connectivity index (χ3n) is 2.97. The van der Waals surface area contributed by atoms with Gasteiger partial charge in [0.1, 0.15) is 10.9 Å². The molecule has 3 nitrogen and oxygen atoms in total. The smallest absolute Gasteiger partial charge is 0.128 e. The second-order valence-electron chi connectivity index (χ2n) is 4.14.